The molecule has 0 saturated carbocycles. The van der Waals surface area contributed by atoms with Crippen molar-refractivity contribution in [1.29, 1.82) is 4.78 Å². The Morgan fingerprint density at radius 3 is 2.64 bits per heavy atom. The normalized spacial score (nSPS) is 15.9. The highest BCUT2D eigenvalue weighted by atomic mass is 79.9. The fourth-order valence-electron chi connectivity index (χ4n) is 1.89. The minimum absolute atomic E-state index is 0.150. The zero-order valence-corrected chi connectivity index (χ0v) is 16.3. The van der Waals surface area contributed by atoms with Crippen LogP contribution in [0.5, 0.6) is 0 Å². The van der Waals surface area contributed by atoms with Crippen LogP contribution in [-0.4, -0.2) is 37.7 Å². The number of hydrogen-bond acceptors (Lipinski definition) is 7. The summed E-state index contributed by atoms with van der Waals surface area (Å²) in [6, 6.07) is 3.72. The van der Waals surface area contributed by atoms with E-state index in [1.54, 1.807) is 6.92 Å². The van der Waals surface area contributed by atoms with Crippen molar-refractivity contribution in [3.8, 4) is 0 Å². The third-order valence-electron chi connectivity index (χ3n) is 3.44. The molecular weight excluding hydrogens is 413 g/mol. The van der Waals surface area contributed by atoms with Crippen LogP contribution in [0.25, 0.3) is 0 Å². The first kappa shape index (κ1) is 19.5. The van der Waals surface area contributed by atoms with Crippen LogP contribution in [0.4, 0.5) is 21.8 Å². The molecule has 10 heteroatoms. The molecule has 0 amide bonds. The molecule has 25 heavy (non-hydrogen) atoms. The smallest absolute Gasteiger partial charge is 0.229 e. The van der Waals surface area contributed by atoms with Gasteiger partial charge in [0, 0.05) is 18.1 Å². The fourth-order valence-corrected chi connectivity index (χ4v) is 2.95. The van der Waals surface area contributed by atoms with Gasteiger partial charge in [0.25, 0.3) is 0 Å². The molecule has 1 heterocycles. The lowest BCUT2D eigenvalue weighted by Crippen LogP contribution is -2.28. The van der Waals surface area contributed by atoms with Crippen LogP contribution >= 0.6 is 15.9 Å². The summed E-state index contributed by atoms with van der Waals surface area (Å²) < 4.78 is 33.8. The largest absolute Gasteiger partial charge is 0.391 e. The van der Waals surface area contributed by atoms with Crippen LogP contribution in [-0.2, 0) is 9.73 Å². The first-order valence-electron chi connectivity index (χ1n) is 7.35. The van der Waals surface area contributed by atoms with Crippen molar-refractivity contribution in [2.75, 3.05) is 16.9 Å². The van der Waals surface area contributed by atoms with Crippen LogP contribution in [0.15, 0.2) is 33.8 Å². The summed E-state index contributed by atoms with van der Waals surface area (Å²) in [5.74, 6) is -0.0323. The Morgan fingerprint density at radius 1 is 1.40 bits per heavy atom. The summed E-state index contributed by atoms with van der Waals surface area (Å²) in [7, 11) is -3.13. The minimum atomic E-state index is -3.13. The van der Waals surface area contributed by atoms with Crippen molar-refractivity contribution in [1.82, 2.24) is 9.97 Å². The summed E-state index contributed by atoms with van der Waals surface area (Å²) in [4.78, 5) is 8.23. The molecule has 0 spiro atoms. The van der Waals surface area contributed by atoms with Crippen molar-refractivity contribution in [2.45, 2.75) is 30.9 Å². The van der Waals surface area contributed by atoms with Gasteiger partial charge in [0.15, 0.2) is 0 Å². The Labute approximate surface area is 154 Å². The monoisotopic (exact) mass is 431 g/mol. The number of nitrogens with one attached hydrogen (secondary N) is 3. The zero-order valence-electron chi connectivity index (χ0n) is 13.9. The lowest BCUT2D eigenvalue weighted by molar-refractivity contribution is 0.177. The second-order valence-corrected chi connectivity index (χ2v) is 8.66. The second kappa shape index (κ2) is 7.63. The quantitative estimate of drug-likeness (QED) is 0.557. The maximum absolute atomic E-state index is 14.0. The molecule has 0 saturated heterocycles. The minimum Gasteiger partial charge on any atom is -0.391 e. The molecule has 0 aliphatic rings. The Morgan fingerprint density at radius 2 is 2.08 bits per heavy atom. The summed E-state index contributed by atoms with van der Waals surface area (Å²) in [6.07, 6.45) is 2.12. The predicted molar refractivity (Wildman–Crippen MR) is 99.2 cm³/mol. The van der Waals surface area contributed by atoms with E-state index in [-0.39, 0.29) is 16.9 Å². The Bertz CT molecular complexity index is 876. The average Bonchev–Trinajstić information content (AvgIpc) is 2.49. The maximum Gasteiger partial charge on any atom is 0.229 e. The highest BCUT2D eigenvalue weighted by molar-refractivity contribution is 9.10. The summed E-state index contributed by atoms with van der Waals surface area (Å²) in [5, 5.41) is 15.5. The third-order valence-corrected chi connectivity index (χ3v) is 5.19. The van der Waals surface area contributed by atoms with E-state index in [9.17, 15) is 13.7 Å². The molecule has 1 unspecified atom stereocenters. The Balaban J connectivity index is 2.25. The highest BCUT2D eigenvalue weighted by Gasteiger charge is 2.14. The van der Waals surface area contributed by atoms with Crippen molar-refractivity contribution in [2.24, 2.45) is 0 Å². The van der Waals surface area contributed by atoms with Crippen LogP contribution in [0.3, 0.4) is 0 Å². The van der Waals surface area contributed by atoms with E-state index in [1.807, 2.05) is 6.92 Å². The SMILES string of the molecule is C[C@@H](O)[C@@H](C)Nc1nc(Nc2ccc(S(C)(=N)=O)c(F)c2)ncc1Br. The van der Waals surface area contributed by atoms with Gasteiger partial charge in [0.2, 0.25) is 5.95 Å². The predicted octanol–water partition coefficient (Wildman–Crippen LogP) is 3.34. The number of aliphatic hydroxyl groups excluding tert-OH is 1. The molecule has 0 aliphatic carbocycles. The molecule has 1 aromatic heterocycles. The number of hydrogen-bond donors (Lipinski definition) is 4. The molecule has 0 bridgehead atoms. The molecule has 2 aromatic rings. The van der Waals surface area contributed by atoms with Gasteiger partial charge >= 0.3 is 0 Å². The Kier molecular flexibility index (Phi) is 5.96. The van der Waals surface area contributed by atoms with E-state index in [2.05, 4.69) is 36.5 Å². The second-order valence-electron chi connectivity index (χ2n) is 5.68. The van der Waals surface area contributed by atoms with E-state index < -0.39 is 21.7 Å². The molecule has 0 radical (unpaired) electrons. The van der Waals surface area contributed by atoms with Crippen LogP contribution in [0.2, 0.25) is 0 Å². The number of aromatic nitrogens is 2. The van der Waals surface area contributed by atoms with Gasteiger partial charge < -0.3 is 15.7 Å². The first-order chi connectivity index (χ1) is 11.6. The number of aliphatic hydroxyl groups is 1. The van der Waals surface area contributed by atoms with Gasteiger partial charge in [-0.15, -0.1) is 0 Å². The van der Waals surface area contributed by atoms with Gasteiger partial charge in [-0.1, -0.05) is 0 Å². The van der Waals surface area contributed by atoms with Crippen molar-refractivity contribution < 1.29 is 13.7 Å². The summed E-state index contributed by atoms with van der Waals surface area (Å²) in [6.45, 7) is 3.47. The van der Waals surface area contributed by atoms with Crippen LogP contribution in [0.1, 0.15) is 13.8 Å². The van der Waals surface area contributed by atoms with Gasteiger partial charge in [-0.05, 0) is 48.0 Å². The van der Waals surface area contributed by atoms with E-state index in [0.29, 0.717) is 16.0 Å². The zero-order chi connectivity index (χ0) is 18.8. The van der Waals surface area contributed by atoms with Gasteiger partial charge in [-0.3, -0.25) is 0 Å². The van der Waals surface area contributed by atoms with Gasteiger partial charge in [-0.2, -0.15) is 4.98 Å². The van der Waals surface area contributed by atoms with Gasteiger partial charge in [-0.25, -0.2) is 18.4 Å². The highest BCUT2D eigenvalue weighted by Crippen LogP contribution is 2.24. The number of benzene rings is 1. The fraction of sp³-hybridized carbons (Fsp3) is 0.333. The molecular formula is C15H19BrFN5O2S. The third kappa shape index (κ3) is 5.10. The number of rotatable bonds is 6. The number of anilines is 3. The van der Waals surface area contributed by atoms with Crippen LogP contribution in [0, 0.1) is 10.6 Å². The van der Waals surface area contributed by atoms with E-state index in [4.69, 9.17) is 4.78 Å². The summed E-state index contributed by atoms with van der Waals surface area (Å²) >= 11 is 3.33. The van der Waals surface area contributed by atoms with Crippen molar-refractivity contribution >= 4 is 43.1 Å². The maximum atomic E-state index is 14.0. The number of nitrogens with zero attached hydrogens (tertiary/aromatic N) is 2. The van der Waals surface area contributed by atoms with Crippen molar-refractivity contribution in [3.63, 3.8) is 0 Å². The van der Waals surface area contributed by atoms with Gasteiger partial charge in [0.1, 0.15) is 11.6 Å². The Hall–Kier alpha value is -1.78. The van der Waals surface area contributed by atoms with Gasteiger partial charge in [0.05, 0.1) is 31.2 Å². The molecule has 136 valence electrons. The van der Waals surface area contributed by atoms with Crippen molar-refractivity contribution in [3.05, 3.63) is 34.7 Å². The lowest BCUT2D eigenvalue weighted by atomic mass is 10.2. The molecule has 0 fully saturated rings. The van der Waals surface area contributed by atoms with E-state index >= 15 is 0 Å². The molecule has 1 aromatic carbocycles. The van der Waals surface area contributed by atoms with Crippen LogP contribution < -0.4 is 10.6 Å². The lowest BCUT2D eigenvalue weighted by Gasteiger charge is -2.18. The molecule has 2 rings (SSSR count). The first-order valence-corrected chi connectivity index (χ1v) is 10.1. The standard InChI is InChI=1S/C15H19BrFN5O2S/c1-8(9(2)23)20-14-11(16)7-19-15(22-14)21-10-4-5-13(12(17)6-10)25(3,18)24/h4-9,18,23H,1-3H3,(H2,19,20,21,22)/t8-,9-,25?/m1/s1. The molecule has 0 aliphatic heterocycles. The topological polar surface area (TPSA) is 111 Å². The average molecular weight is 432 g/mol. The van der Waals surface area contributed by atoms with E-state index in [1.165, 1.54) is 18.3 Å². The summed E-state index contributed by atoms with van der Waals surface area (Å²) in [5.41, 5.74) is 0.363. The van der Waals surface area contributed by atoms with E-state index in [0.717, 1.165) is 12.3 Å². The molecule has 7 nitrogen and oxygen atoms in total. The number of halogens is 2. The molecule has 3 atom stereocenters. The molecule has 4 N–H and O–H groups in total.